The van der Waals surface area contributed by atoms with Crippen LogP contribution in [0.3, 0.4) is 0 Å². The fourth-order valence-corrected chi connectivity index (χ4v) is 12.1. The molecule has 2 aromatic heterocycles. The van der Waals surface area contributed by atoms with Crippen LogP contribution in [0.1, 0.15) is 11.1 Å². The van der Waals surface area contributed by atoms with Crippen molar-refractivity contribution in [3.8, 4) is 30.6 Å². The van der Waals surface area contributed by atoms with Crippen molar-refractivity contribution in [1.82, 2.24) is 0 Å². The van der Waals surface area contributed by atoms with Crippen LogP contribution in [0, 0.1) is 13.8 Å². The van der Waals surface area contributed by atoms with Crippen LogP contribution in [-0.4, -0.2) is 27.8 Å². The van der Waals surface area contributed by atoms with E-state index in [9.17, 15) is 8.42 Å². The van der Waals surface area contributed by atoms with Gasteiger partial charge in [0.1, 0.15) is 8.07 Å². The Morgan fingerprint density at radius 3 is 1.82 bits per heavy atom. The van der Waals surface area contributed by atoms with Gasteiger partial charge in [-0.2, -0.15) is 0 Å². The number of fused-ring (bicyclic) bond motifs is 3. The molecule has 0 atom stereocenters. The van der Waals surface area contributed by atoms with Gasteiger partial charge in [0.15, 0.2) is 0 Å². The molecule has 1 aliphatic heterocycles. The minimum atomic E-state index is -3.54. The summed E-state index contributed by atoms with van der Waals surface area (Å²) in [6, 6.07) is 18.6. The van der Waals surface area contributed by atoms with Crippen molar-refractivity contribution in [1.29, 1.82) is 0 Å². The normalized spacial score (nSPS) is 13.9. The maximum Gasteiger partial charge on any atom is 0.210 e. The first-order chi connectivity index (χ1) is 16.2. The number of thiocarbonyl (C=S) groups is 1. The Hall–Kier alpha value is -2.19. The van der Waals surface area contributed by atoms with E-state index in [0.29, 0.717) is 16.0 Å². The number of sulfone groups is 1. The van der Waals surface area contributed by atoms with Crippen LogP contribution in [0.5, 0.6) is 0 Å². The van der Waals surface area contributed by atoms with Crippen molar-refractivity contribution in [3.63, 3.8) is 0 Å². The summed E-state index contributed by atoms with van der Waals surface area (Å²) < 4.78 is 27.4. The fraction of sp³-hybridized carbons (Fsp3) is 0.192. The summed E-state index contributed by atoms with van der Waals surface area (Å²) in [4.78, 5) is 8.98. The van der Waals surface area contributed by atoms with Crippen LogP contribution < -0.4 is 5.19 Å². The lowest BCUT2D eigenvalue weighted by atomic mass is 10.1. The molecule has 0 saturated carbocycles. The summed E-state index contributed by atoms with van der Waals surface area (Å²) in [7, 11) is -5.28. The summed E-state index contributed by atoms with van der Waals surface area (Å²) in [5.41, 5.74) is 3.81. The number of benzene rings is 2. The molecule has 0 radical (unpaired) electrons. The van der Waals surface area contributed by atoms with E-state index < -0.39 is 17.9 Å². The molecule has 0 aliphatic carbocycles. The number of aliphatic imine (C=N–C) groups is 1. The SMILES string of the molecule is Cc1c(-c2ccccc2)sc2c1S(=O)(=O)c1c-2sc(-c2ccc([Si](C)(C)CN=C=S)cc2)c1C. The zero-order valence-electron chi connectivity index (χ0n) is 19.3. The molecular formula is C26H23NO2S4Si. The first-order valence-electron chi connectivity index (χ1n) is 10.9. The first-order valence-corrected chi connectivity index (χ1v) is 17.6. The maximum absolute atomic E-state index is 13.7. The highest BCUT2D eigenvalue weighted by atomic mass is 32.2. The molecule has 0 N–H and O–H groups in total. The van der Waals surface area contributed by atoms with Crippen molar-refractivity contribution < 1.29 is 8.42 Å². The van der Waals surface area contributed by atoms with Gasteiger partial charge in [-0.15, -0.1) is 22.7 Å². The summed E-state index contributed by atoms with van der Waals surface area (Å²) >= 11 is 7.92. The van der Waals surface area contributed by atoms with E-state index in [4.69, 9.17) is 12.2 Å². The Morgan fingerprint density at radius 1 is 0.824 bits per heavy atom. The van der Waals surface area contributed by atoms with Crippen LogP contribution in [0.2, 0.25) is 13.1 Å². The smallest absolute Gasteiger partial charge is 0.210 e. The molecule has 0 bridgehead atoms. The Labute approximate surface area is 214 Å². The van der Waals surface area contributed by atoms with Crippen molar-refractivity contribution in [2.45, 2.75) is 36.7 Å². The van der Waals surface area contributed by atoms with Gasteiger partial charge in [0.25, 0.3) is 0 Å². The van der Waals surface area contributed by atoms with Crippen LogP contribution in [0.25, 0.3) is 30.6 Å². The van der Waals surface area contributed by atoms with Gasteiger partial charge in [-0.25, -0.2) is 13.4 Å². The van der Waals surface area contributed by atoms with Gasteiger partial charge in [0, 0.05) is 15.9 Å². The van der Waals surface area contributed by atoms with E-state index >= 15 is 0 Å². The molecule has 0 saturated heterocycles. The van der Waals surface area contributed by atoms with Gasteiger partial charge in [0.2, 0.25) is 9.84 Å². The minimum absolute atomic E-state index is 0.491. The quantitative estimate of drug-likeness (QED) is 0.136. The van der Waals surface area contributed by atoms with Gasteiger partial charge >= 0.3 is 0 Å². The van der Waals surface area contributed by atoms with E-state index in [1.807, 2.05) is 44.2 Å². The molecule has 0 unspecified atom stereocenters. The molecule has 3 nitrogen and oxygen atoms in total. The van der Waals surface area contributed by atoms with E-state index in [1.165, 1.54) is 5.19 Å². The van der Waals surface area contributed by atoms with E-state index in [-0.39, 0.29) is 0 Å². The van der Waals surface area contributed by atoms with Crippen LogP contribution in [-0.2, 0) is 9.84 Å². The van der Waals surface area contributed by atoms with Crippen LogP contribution in [0.4, 0.5) is 0 Å². The summed E-state index contributed by atoms with van der Waals surface area (Å²) in [5.74, 6) is 0. The lowest BCUT2D eigenvalue weighted by molar-refractivity contribution is 0.598. The topological polar surface area (TPSA) is 46.5 Å². The third-order valence-electron chi connectivity index (χ3n) is 6.43. The molecule has 34 heavy (non-hydrogen) atoms. The number of isothiocyanates is 1. The van der Waals surface area contributed by atoms with Crippen molar-refractivity contribution in [2.24, 2.45) is 4.99 Å². The standard InChI is InChI=1S/C26H23NO2S4Si/c1-16-21(18-8-6-5-7-9-18)31-23-24-26(33(28,29)25(16)23)17(2)22(32-24)19-10-12-20(13-11-19)34(3,4)15-27-14-30/h5-13H,15H2,1-4H3. The predicted molar refractivity (Wildman–Crippen MR) is 150 cm³/mol. The molecule has 5 rings (SSSR count). The number of thiophene rings is 2. The Morgan fingerprint density at radius 2 is 1.32 bits per heavy atom. The van der Waals surface area contributed by atoms with Crippen LogP contribution >= 0.6 is 34.9 Å². The Kier molecular flexibility index (Phi) is 5.87. The van der Waals surface area contributed by atoms with Crippen molar-refractivity contribution in [3.05, 3.63) is 65.7 Å². The summed E-state index contributed by atoms with van der Waals surface area (Å²) in [6.07, 6.45) is 0.713. The molecule has 8 heteroatoms. The second kappa shape index (κ2) is 8.48. The Bertz CT molecular complexity index is 1570. The van der Waals surface area contributed by atoms with Crippen molar-refractivity contribution in [2.75, 3.05) is 6.17 Å². The zero-order valence-corrected chi connectivity index (χ0v) is 23.6. The molecule has 172 valence electrons. The highest BCUT2D eigenvalue weighted by molar-refractivity contribution is 7.92. The average Bonchev–Trinajstić information content (AvgIpc) is 3.42. The van der Waals surface area contributed by atoms with Gasteiger partial charge < -0.3 is 0 Å². The fourth-order valence-electron chi connectivity index (χ4n) is 4.58. The predicted octanol–water partition coefficient (Wildman–Crippen LogP) is 7.13. The molecule has 2 aromatic carbocycles. The van der Waals surface area contributed by atoms with Gasteiger partial charge in [0.05, 0.1) is 24.7 Å². The second-order valence-electron chi connectivity index (χ2n) is 9.17. The van der Waals surface area contributed by atoms with E-state index in [1.54, 1.807) is 22.7 Å². The van der Waals surface area contributed by atoms with Gasteiger partial charge in [-0.05, 0) is 48.3 Å². The third-order valence-corrected chi connectivity index (χ3v) is 14.6. The average molecular weight is 538 g/mol. The second-order valence-corrected chi connectivity index (χ2v) is 17.9. The third kappa shape index (κ3) is 3.61. The molecule has 0 spiro atoms. The maximum atomic E-state index is 13.7. The molecule has 0 fully saturated rings. The number of rotatable bonds is 5. The number of hydrogen-bond donors (Lipinski definition) is 0. The van der Waals surface area contributed by atoms with E-state index in [0.717, 1.165) is 41.8 Å². The largest absolute Gasteiger partial charge is 0.235 e. The van der Waals surface area contributed by atoms with Crippen molar-refractivity contribution >= 4 is 63.2 Å². The molecule has 4 aromatic rings. The van der Waals surface area contributed by atoms with Gasteiger partial charge in [-0.3, -0.25) is 0 Å². The van der Waals surface area contributed by atoms with Gasteiger partial charge in [-0.1, -0.05) is 72.9 Å². The minimum Gasteiger partial charge on any atom is -0.235 e. The molecule has 3 heterocycles. The molecule has 1 aliphatic rings. The Balaban J connectivity index is 1.60. The lowest BCUT2D eigenvalue weighted by Crippen LogP contribution is -2.44. The van der Waals surface area contributed by atoms with E-state index in [2.05, 4.69) is 47.5 Å². The zero-order chi connectivity index (χ0) is 24.3. The molecule has 0 amide bonds. The summed E-state index contributed by atoms with van der Waals surface area (Å²) in [5, 5.41) is 3.78. The lowest BCUT2D eigenvalue weighted by Gasteiger charge is -2.20. The number of nitrogens with zero attached hydrogens (tertiary/aromatic N) is 1. The highest BCUT2D eigenvalue weighted by Crippen LogP contribution is 2.58. The van der Waals surface area contributed by atoms with Crippen LogP contribution in [0.15, 0.2) is 69.4 Å². The highest BCUT2D eigenvalue weighted by Gasteiger charge is 2.42. The molecular weight excluding hydrogens is 515 g/mol. The first kappa shape index (κ1) is 23.5. The monoisotopic (exact) mass is 537 g/mol. The number of hydrogen-bond acceptors (Lipinski definition) is 6. The summed E-state index contributed by atoms with van der Waals surface area (Å²) in [6.45, 7) is 8.40.